The van der Waals surface area contributed by atoms with Crippen molar-refractivity contribution in [3.8, 4) is 6.07 Å². The molecule has 0 atom stereocenters. The Morgan fingerprint density at radius 2 is 1.91 bits per heavy atom. The van der Waals surface area contributed by atoms with E-state index in [0.29, 0.717) is 23.1 Å². The minimum Gasteiger partial charge on any atom is -0.290 e. The van der Waals surface area contributed by atoms with E-state index in [4.69, 9.17) is 11.6 Å². The van der Waals surface area contributed by atoms with Gasteiger partial charge in [-0.3, -0.25) is 4.40 Å². The van der Waals surface area contributed by atoms with Gasteiger partial charge >= 0.3 is 0 Å². The number of pyridine rings is 1. The highest BCUT2D eigenvalue weighted by atomic mass is 35.5. The van der Waals surface area contributed by atoms with Gasteiger partial charge in [0.25, 0.3) is 0 Å². The molecule has 22 heavy (non-hydrogen) atoms. The fraction of sp³-hybridized carbons (Fsp3) is 0.222. The number of fused-ring (bicyclic) bond motifs is 1. The summed E-state index contributed by atoms with van der Waals surface area (Å²) in [7, 11) is 0. The molecule has 0 fully saturated rings. The van der Waals surface area contributed by atoms with Gasteiger partial charge in [-0.1, -0.05) is 49.7 Å². The first-order chi connectivity index (χ1) is 10.6. The van der Waals surface area contributed by atoms with E-state index in [1.165, 1.54) is 5.56 Å². The van der Waals surface area contributed by atoms with Crippen molar-refractivity contribution in [3.05, 3.63) is 70.1 Å². The minimum absolute atomic E-state index is 0.515. The Bertz CT molecular complexity index is 854. The number of halogens is 1. The van der Waals surface area contributed by atoms with Crippen LogP contribution in [0, 0.1) is 11.3 Å². The third kappa shape index (κ3) is 2.70. The van der Waals surface area contributed by atoms with Crippen LogP contribution in [-0.4, -0.2) is 9.38 Å². The topological polar surface area (TPSA) is 41.1 Å². The number of benzene rings is 1. The number of rotatable bonds is 3. The molecule has 3 rings (SSSR count). The van der Waals surface area contributed by atoms with Crippen molar-refractivity contribution in [2.75, 3.05) is 0 Å². The molecular formula is C18H16ClN3. The summed E-state index contributed by atoms with van der Waals surface area (Å²) in [5, 5.41) is 10.0. The summed E-state index contributed by atoms with van der Waals surface area (Å²) in [5.74, 6) is 0.515. The minimum atomic E-state index is 0.515. The van der Waals surface area contributed by atoms with E-state index in [9.17, 15) is 5.26 Å². The van der Waals surface area contributed by atoms with Gasteiger partial charge in [-0.05, 0) is 29.2 Å². The van der Waals surface area contributed by atoms with Gasteiger partial charge in [0.1, 0.15) is 17.4 Å². The quantitative estimate of drug-likeness (QED) is 0.711. The Balaban J connectivity index is 1.98. The molecule has 2 aromatic heterocycles. The molecule has 0 amide bonds. The second-order valence-electron chi connectivity index (χ2n) is 5.67. The van der Waals surface area contributed by atoms with Crippen LogP contribution < -0.4 is 0 Å². The maximum absolute atomic E-state index is 9.44. The molecule has 0 spiro atoms. The highest BCUT2D eigenvalue weighted by Crippen LogP contribution is 2.20. The maximum Gasteiger partial charge on any atom is 0.148 e. The number of nitrogens with zero attached hydrogens (tertiary/aromatic N) is 3. The fourth-order valence-corrected chi connectivity index (χ4v) is 2.68. The summed E-state index contributed by atoms with van der Waals surface area (Å²) < 4.78 is 1.75. The van der Waals surface area contributed by atoms with E-state index >= 15 is 0 Å². The number of nitriles is 1. The van der Waals surface area contributed by atoms with E-state index in [0.717, 1.165) is 16.9 Å². The van der Waals surface area contributed by atoms with Crippen LogP contribution in [0.1, 0.15) is 42.3 Å². The van der Waals surface area contributed by atoms with E-state index in [2.05, 4.69) is 49.2 Å². The predicted molar refractivity (Wildman–Crippen MR) is 88.3 cm³/mol. The zero-order chi connectivity index (χ0) is 15.7. The molecule has 3 nitrogen and oxygen atoms in total. The van der Waals surface area contributed by atoms with Crippen molar-refractivity contribution >= 4 is 17.2 Å². The SMILES string of the molecule is CC(C)c1ccc(Cc2nc3ccc(Cl)cn3c2C#N)cc1. The molecule has 0 saturated heterocycles. The van der Waals surface area contributed by atoms with Crippen molar-refractivity contribution in [2.24, 2.45) is 0 Å². The van der Waals surface area contributed by atoms with Crippen molar-refractivity contribution in [3.63, 3.8) is 0 Å². The van der Waals surface area contributed by atoms with E-state index in [-0.39, 0.29) is 0 Å². The molecule has 0 aliphatic rings. The molecule has 0 unspecified atom stereocenters. The average molecular weight is 310 g/mol. The molecule has 3 aromatic rings. The van der Waals surface area contributed by atoms with E-state index < -0.39 is 0 Å². The highest BCUT2D eigenvalue weighted by molar-refractivity contribution is 6.30. The summed E-state index contributed by atoms with van der Waals surface area (Å²) in [6.07, 6.45) is 2.37. The highest BCUT2D eigenvalue weighted by Gasteiger charge is 2.12. The molecule has 0 aliphatic carbocycles. The first kappa shape index (κ1) is 14.6. The average Bonchev–Trinajstić information content (AvgIpc) is 2.84. The van der Waals surface area contributed by atoms with Crippen molar-refractivity contribution in [1.29, 1.82) is 5.26 Å². The molecule has 0 radical (unpaired) electrons. The van der Waals surface area contributed by atoms with Gasteiger partial charge in [-0.2, -0.15) is 5.26 Å². The lowest BCUT2D eigenvalue weighted by Gasteiger charge is -2.06. The molecular weight excluding hydrogens is 294 g/mol. The van der Waals surface area contributed by atoms with Crippen LogP contribution >= 0.6 is 11.6 Å². The zero-order valence-corrected chi connectivity index (χ0v) is 13.3. The Morgan fingerprint density at radius 1 is 1.18 bits per heavy atom. The lowest BCUT2D eigenvalue weighted by atomic mass is 10.00. The lowest BCUT2D eigenvalue weighted by molar-refractivity contribution is 0.865. The molecule has 2 heterocycles. The lowest BCUT2D eigenvalue weighted by Crippen LogP contribution is -1.95. The number of hydrogen-bond donors (Lipinski definition) is 0. The van der Waals surface area contributed by atoms with Gasteiger partial charge < -0.3 is 0 Å². The maximum atomic E-state index is 9.44. The van der Waals surface area contributed by atoms with Crippen LogP contribution in [0.3, 0.4) is 0 Å². The van der Waals surface area contributed by atoms with Crippen molar-refractivity contribution in [2.45, 2.75) is 26.2 Å². The zero-order valence-electron chi connectivity index (χ0n) is 12.5. The molecule has 0 aliphatic heterocycles. The normalized spacial score (nSPS) is 11.0. The monoisotopic (exact) mass is 309 g/mol. The second-order valence-corrected chi connectivity index (χ2v) is 6.10. The Labute approximate surface area is 134 Å². The third-order valence-electron chi connectivity index (χ3n) is 3.78. The van der Waals surface area contributed by atoms with E-state index in [1.807, 2.05) is 6.07 Å². The molecule has 110 valence electrons. The van der Waals surface area contributed by atoms with Crippen molar-refractivity contribution in [1.82, 2.24) is 9.38 Å². The number of hydrogen-bond acceptors (Lipinski definition) is 2. The summed E-state index contributed by atoms with van der Waals surface area (Å²) >= 11 is 6.01. The van der Waals surface area contributed by atoms with Crippen LogP contribution in [0.25, 0.3) is 5.65 Å². The summed E-state index contributed by atoms with van der Waals surface area (Å²) in [6, 6.07) is 14.3. The van der Waals surface area contributed by atoms with Crippen LogP contribution in [0.15, 0.2) is 42.6 Å². The van der Waals surface area contributed by atoms with Gasteiger partial charge in [0.2, 0.25) is 0 Å². The Morgan fingerprint density at radius 3 is 2.55 bits per heavy atom. The molecule has 4 heteroatoms. The standard InChI is InChI=1S/C18H16ClN3/c1-12(2)14-5-3-13(4-6-14)9-16-17(10-20)22-11-15(19)7-8-18(22)21-16/h3-8,11-12H,9H2,1-2H3. The molecule has 0 saturated carbocycles. The van der Waals surface area contributed by atoms with Crippen LogP contribution in [-0.2, 0) is 6.42 Å². The molecule has 0 N–H and O–H groups in total. The van der Waals surface area contributed by atoms with Gasteiger partial charge in [0.05, 0.1) is 10.7 Å². The summed E-state index contributed by atoms with van der Waals surface area (Å²) in [5.41, 5.74) is 4.53. The smallest absolute Gasteiger partial charge is 0.148 e. The van der Waals surface area contributed by atoms with Gasteiger partial charge in [0, 0.05) is 12.6 Å². The van der Waals surface area contributed by atoms with Crippen LogP contribution in [0.5, 0.6) is 0 Å². The van der Waals surface area contributed by atoms with Gasteiger partial charge in [0.15, 0.2) is 0 Å². The van der Waals surface area contributed by atoms with Crippen LogP contribution in [0.2, 0.25) is 5.02 Å². The number of imidazole rings is 1. The van der Waals surface area contributed by atoms with Crippen molar-refractivity contribution < 1.29 is 0 Å². The Kier molecular flexibility index (Phi) is 3.87. The predicted octanol–water partition coefficient (Wildman–Crippen LogP) is 4.57. The summed E-state index contributed by atoms with van der Waals surface area (Å²) in [6.45, 7) is 4.35. The number of aromatic nitrogens is 2. The molecule has 1 aromatic carbocycles. The van der Waals surface area contributed by atoms with Gasteiger partial charge in [-0.25, -0.2) is 4.98 Å². The van der Waals surface area contributed by atoms with E-state index in [1.54, 1.807) is 16.7 Å². The second kappa shape index (κ2) is 5.82. The summed E-state index contributed by atoms with van der Waals surface area (Å²) in [4.78, 5) is 4.56. The first-order valence-electron chi connectivity index (χ1n) is 7.24. The Hall–Kier alpha value is -2.31. The fourth-order valence-electron chi connectivity index (χ4n) is 2.52. The van der Waals surface area contributed by atoms with Crippen LogP contribution in [0.4, 0.5) is 0 Å². The van der Waals surface area contributed by atoms with Gasteiger partial charge in [-0.15, -0.1) is 0 Å². The first-order valence-corrected chi connectivity index (χ1v) is 7.61. The third-order valence-corrected chi connectivity index (χ3v) is 4.00. The largest absolute Gasteiger partial charge is 0.290 e. The molecule has 0 bridgehead atoms.